The van der Waals surface area contributed by atoms with E-state index in [1.165, 1.54) is 18.2 Å². The van der Waals surface area contributed by atoms with E-state index in [-0.39, 0.29) is 34.2 Å². The second-order valence-corrected chi connectivity index (χ2v) is 7.86. The van der Waals surface area contributed by atoms with Crippen molar-refractivity contribution in [2.75, 3.05) is 0 Å². The molecule has 21 heavy (non-hydrogen) atoms. The van der Waals surface area contributed by atoms with Crippen molar-refractivity contribution in [2.45, 2.75) is 42.6 Å². The molecule has 110 valence electrons. The number of hydrogen-bond acceptors (Lipinski definition) is 3. The molecule has 0 aliphatic carbocycles. The van der Waals surface area contributed by atoms with Gasteiger partial charge in [-0.05, 0) is 43.4 Å². The topological polar surface area (TPSA) is 57.9 Å². The average Bonchev–Trinajstić information content (AvgIpc) is 2.70. The van der Waals surface area contributed by atoms with Gasteiger partial charge in [0.05, 0.1) is 11.6 Å². The van der Waals surface area contributed by atoms with Gasteiger partial charge in [0.25, 0.3) is 0 Å². The van der Waals surface area contributed by atoms with Crippen LogP contribution in [0.5, 0.6) is 0 Å². The third-order valence-corrected chi connectivity index (χ3v) is 6.75. The highest BCUT2D eigenvalue weighted by Gasteiger charge is 2.42. The number of ketones is 1. The minimum absolute atomic E-state index is 0.0585. The Morgan fingerprint density at radius 1 is 1.33 bits per heavy atom. The van der Waals surface area contributed by atoms with E-state index in [4.69, 9.17) is 5.26 Å². The van der Waals surface area contributed by atoms with E-state index < -0.39 is 16.6 Å². The van der Waals surface area contributed by atoms with Crippen molar-refractivity contribution in [3.8, 4) is 6.07 Å². The Bertz CT molecular complexity index is 636. The monoisotopic (exact) mass is 305 g/mol. The van der Waals surface area contributed by atoms with Crippen LogP contribution in [0, 0.1) is 23.1 Å². The molecule has 5 heteroatoms. The molecule has 0 spiro atoms. The Labute approximate surface area is 125 Å². The molecule has 1 aromatic carbocycles. The summed E-state index contributed by atoms with van der Waals surface area (Å²) >= 11 is 0. The number of nitrogens with zero attached hydrogens (tertiary/aromatic N) is 1. The van der Waals surface area contributed by atoms with Crippen molar-refractivity contribution in [2.24, 2.45) is 5.92 Å². The largest absolute Gasteiger partial charge is 0.299 e. The summed E-state index contributed by atoms with van der Waals surface area (Å²) in [5, 5.41) is 9.36. The van der Waals surface area contributed by atoms with Crippen molar-refractivity contribution in [1.29, 1.82) is 5.26 Å². The Hall–Kier alpha value is -1.54. The van der Waals surface area contributed by atoms with Crippen molar-refractivity contribution < 1.29 is 13.4 Å². The number of hydrogen-bond donors (Lipinski definition) is 0. The molecule has 2 fully saturated rings. The lowest BCUT2D eigenvalue weighted by Gasteiger charge is -2.26. The minimum Gasteiger partial charge on any atom is -0.299 e. The Morgan fingerprint density at radius 2 is 2.00 bits per heavy atom. The smallest absolute Gasteiger partial charge is 0.140 e. The first-order valence-electron chi connectivity index (χ1n) is 7.19. The van der Waals surface area contributed by atoms with Gasteiger partial charge >= 0.3 is 0 Å². The van der Waals surface area contributed by atoms with E-state index in [1.54, 1.807) is 0 Å². The number of carbonyl (C=O) groups is 1. The fourth-order valence-electron chi connectivity index (χ4n) is 3.43. The Morgan fingerprint density at radius 3 is 2.62 bits per heavy atom. The number of Topliss-reactive ketones (excluding diaryl/α,β-unsaturated/α-hetero) is 1. The van der Waals surface area contributed by atoms with Gasteiger partial charge in [-0.1, -0.05) is 6.07 Å². The SMILES string of the molecule is N#Cc1cc(F)ccc1CC(=O)C1CC2CCC(C1)S2=O. The van der Waals surface area contributed by atoms with Crippen LogP contribution >= 0.6 is 0 Å². The van der Waals surface area contributed by atoms with Gasteiger partial charge in [-0.2, -0.15) is 5.26 Å². The highest BCUT2D eigenvalue weighted by molar-refractivity contribution is 7.86. The van der Waals surface area contributed by atoms with Crippen molar-refractivity contribution in [3.63, 3.8) is 0 Å². The summed E-state index contributed by atoms with van der Waals surface area (Å²) in [5.74, 6) is -0.433. The number of carbonyl (C=O) groups excluding carboxylic acids is 1. The number of halogens is 1. The lowest BCUT2D eigenvalue weighted by Crippen LogP contribution is -2.33. The van der Waals surface area contributed by atoms with E-state index in [1.807, 2.05) is 6.07 Å². The van der Waals surface area contributed by atoms with Gasteiger partial charge in [-0.25, -0.2) is 4.39 Å². The molecule has 2 heterocycles. The lowest BCUT2D eigenvalue weighted by atomic mass is 9.89. The maximum Gasteiger partial charge on any atom is 0.140 e. The van der Waals surface area contributed by atoms with Crippen LogP contribution in [0.3, 0.4) is 0 Å². The van der Waals surface area contributed by atoms with Crippen LogP contribution < -0.4 is 0 Å². The number of rotatable bonds is 3. The normalized spacial score (nSPS) is 30.9. The first-order valence-corrected chi connectivity index (χ1v) is 8.46. The van der Waals surface area contributed by atoms with E-state index in [0.717, 1.165) is 12.8 Å². The van der Waals surface area contributed by atoms with Gasteiger partial charge < -0.3 is 0 Å². The zero-order valence-electron chi connectivity index (χ0n) is 11.5. The maximum atomic E-state index is 13.1. The zero-order chi connectivity index (χ0) is 15.0. The highest BCUT2D eigenvalue weighted by Crippen LogP contribution is 2.39. The minimum atomic E-state index is -0.766. The van der Waals surface area contributed by atoms with Crippen LogP contribution in [0.4, 0.5) is 4.39 Å². The maximum absolute atomic E-state index is 13.1. The molecule has 1 aromatic rings. The van der Waals surface area contributed by atoms with Crippen LogP contribution in [0.1, 0.15) is 36.8 Å². The fourth-order valence-corrected chi connectivity index (χ4v) is 5.56. The first kappa shape index (κ1) is 14.4. The summed E-state index contributed by atoms with van der Waals surface area (Å²) in [6, 6.07) is 5.91. The van der Waals surface area contributed by atoms with E-state index >= 15 is 0 Å². The Kier molecular flexibility index (Phi) is 3.90. The second-order valence-electron chi connectivity index (χ2n) is 5.87. The van der Waals surface area contributed by atoms with Gasteiger partial charge in [0.1, 0.15) is 11.6 Å². The highest BCUT2D eigenvalue weighted by atomic mass is 32.2. The second kappa shape index (κ2) is 5.69. The molecule has 2 aliphatic heterocycles. The third kappa shape index (κ3) is 2.77. The Balaban J connectivity index is 1.73. The van der Waals surface area contributed by atoms with Gasteiger partial charge in [-0.3, -0.25) is 9.00 Å². The lowest BCUT2D eigenvalue weighted by molar-refractivity contribution is -0.122. The van der Waals surface area contributed by atoms with Crippen LogP contribution in [0.25, 0.3) is 0 Å². The molecule has 2 unspecified atom stereocenters. The first-order chi connectivity index (χ1) is 10.1. The summed E-state index contributed by atoms with van der Waals surface area (Å²) in [6.07, 6.45) is 3.48. The molecule has 2 aliphatic rings. The molecular formula is C16H16FNO2S. The molecule has 3 rings (SSSR count). The molecule has 0 aromatic heterocycles. The van der Waals surface area contributed by atoms with E-state index in [9.17, 15) is 13.4 Å². The summed E-state index contributed by atoms with van der Waals surface area (Å²) in [5.41, 5.74) is 0.814. The predicted molar refractivity (Wildman–Crippen MR) is 77.5 cm³/mol. The van der Waals surface area contributed by atoms with Gasteiger partial charge in [0.2, 0.25) is 0 Å². The summed E-state index contributed by atoms with van der Waals surface area (Å²) in [6.45, 7) is 0. The van der Waals surface area contributed by atoms with Crippen LogP contribution in [0.2, 0.25) is 0 Å². The van der Waals surface area contributed by atoms with Crippen LogP contribution in [0.15, 0.2) is 18.2 Å². The van der Waals surface area contributed by atoms with Gasteiger partial charge in [-0.15, -0.1) is 0 Å². The van der Waals surface area contributed by atoms with Crippen LogP contribution in [-0.4, -0.2) is 20.5 Å². The quantitative estimate of drug-likeness (QED) is 0.862. The molecule has 2 atom stereocenters. The fraction of sp³-hybridized carbons (Fsp3) is 0.500. The number of benzene rings is 1. The molecule has 2 saturated heterocycles. The molecular weight excluding hydrogens is 289 g/mol. The standard InChI is InChI=1S/C16H16FNO2S/c17-13-2-1-10(12(5-13)9-18)8-16(19)11-6-14-3-4-15(7-11)21(14)20/h1-2,5,11,14-15H,3-4,6-8H2. The average molecular weight is 305 g/mol. The van der Waals surface area contributed by atoms with Gasteiger partial charge in [0.15, 0.2) is 0 Å². The molecule has 2 bridgehead atoms. The van der Waals surface area contributed by atoms with Crippen molar-refractivity contribution in [1.82, 2.24) is 0 Å². The predicted octanol–water partition coefficient (Wildman–Crippen LogP) is 2.50. The number of fused-ring (bicyclic) bond motifs is 2. The van der Waals surface area contributed by atoms with Crippen molar-refractivity contribution in [3.05, 3.63) is 35.1 Å². The zero-order valence-corrected chi connectivity index (χ0v) is 12.4. The molecule has 0 N–H and O–H groups in total. The molecule has 0 amide bonds. The van der Waals surface area contributed by atoms with Crippen molar-refractivity contribution >= 4 is 16.6 Å². The third-order valence-electron chi connectivity index (χ3n) is 4.57. The van der Waals surface area contributed by atoms with E-state index in [2.05, 4.69) is 0 Å². The summed E-state index contributed by atoms with van der Waals surface area (Å²) in [4.78, 5) is 12.4. The van der Waals surface area contributed by atoms with E-state index in [0.29, 0.717) is 18.4 Å². The van der Waals surface area contributed by atoms with Crippen LogP contribution in [-0.2, 0) is 22.0 Å². The molecule has 0 saturated carbocycles. The van der Waals surface area contributed by atoms with Gasteiger partial charge in [0, 0.05) is 33.6 Å². The summed E-state index contributed by atoms with van der Waals surface area (Å²) < 4.78 is 25.1. The number of nitriles is 1. The molecule has 0 radical (unpaired) electrons. The summed E-state index contributed by atoms with van der Waals surface area (Å²) in [7, 11) is -0.766. The molecule has 3 nitrogen and oxygen atoms in total.